The van der Waals surface area contributed by atoms with Crippen LogP contribution < -0.4 is 4.90 Å². The van der Waals surface area contributed by atoms with Crippen LogP contribution in [-0.2, 0) is 9.59 Å². The van der Waals surface area contributed by atoms with E-state index in [-0.39, 0.29) is 11.7 Å². The van der Waals surface area contributed by atoms with Crippen LogP contribution in [0.4, 0.5) is 5.69 Å². The average molecular weight is 247 g/mol. The monoisotopic (exact) mass is 247 g/mol. The normalized spacial score (nSPS) is 10.1. The number of anilines is 1. The Bertz CT molecular complexity index is 387. The Morgan fingerprint density at radius 2 is 1.61 bits per heavy atom. The van der Waals surface area contributed by atoms with Crippen molar-refractivity contribution in [3.05, 3.63) is 30.3 Å². The van der Waals surface area contributed by atoms with Crippen LogP contribution in [-0.4, -0.2) is 18.7 Å². The predicted molar refractivity (Wildman–Crippen MR) is 73.6 cm³/mol. The van der Waals surface area contributed by atoms with Gasteiger partial charge in [-0.15, -0.1) is 0 Å². The molecule has 3 nitrogen and oxygen atoms in total. The van der Waals surface area contributed by atoms with E-state index in [1.807, 2.05) is 30.3 Å². The van der Waals surface area contributed by atoms with E-state index in [9.17, 15) is 9.59 Å². The van der Waals surface area contributed by atoms with Gasteiger partial charge in [0.2, 0.25) is 5.91 Å². The molecular formula is C15H21NO2. The number of ketones is 1. The summed E-state index contributed by atoms with van der Waals surface area (Å²) < 4.78 is 0. The number of hydrogen-bond donors (Lipinski definition) is 0. The molecule has 0 bridgehead atoms. The number of carbonyl (C=O) groups is 2. The summed E-state index contributed by atoms with van der Waals surface area (Å²) in [6, 6.07) is 9.63. The molecule has 0 radical (unpaired) electrons. The molecule has 98 valence electrons. The van der Waals surface area contributed by atoms with Crippen molar-refractivity contribution in [2.75, 3.05) is 11.9 Å². The third-order valence-electron chi connectivity index (χ3n) is 2.94. The summed E-state index contributed by atoms with van der Waals surface area (Å²) in [6.45, 7) is 1.61. The molecule has 0 N–H and O–H groups in total. The van der Waals surface area contributed by atoms with E-state index in [1.54, 1.807) is 18.9 Å². The number of carbonyl (C=O) groups excluding carboxylic acids is 2. The molecule has 0 atom stereocenters. The molecule has 3 heteroatoms. The van der Waals surface area contributed by atoms with Crippen molar-refractivity contribution < 1.29 is 9.59 Å². The number of unbranched alkanes of at least 4 members (excludes halogenated alkanes) is 2. The van der Waals surface area contributed by atoms with E-state index < -0.39 is 0 Å². The van der Waals surface area contributed by atoms with Crippen LogP contribution in [0.25, 0.3) is 0 Å². The minimum absolute atomic E-state index is 0.129. The fourth-order valence-corrected chi connectivity index (χ4v) is 1.79. The number of amides is 1. The summed E-state index contributed by atoms with van der Waals surface area (Å²) in [5.41, 5.74) is 0.922. The lowest BCUT2D eigenvalue weighted by molar-refractivity contribution is -0.118. The van der Waals surface area contributed by atoms with Crippen LogP contribution in [0.2, 0.25) is 0 Å². The Morgan fingerprint density at radius 1 is 1.00 bits per heavy atom. The quantitative estimate of drug-likeness (QED) is 0.694. The number of benzene rings is 1. The minimum atomic E-state index is 0.129. The Kier molecular flexibility index (Phi) is 6.12. The van der Waals surface area contributed by atoms with Crippen LogP contribution in [0.5, 0.6) is 0 Å². The summed E-state index contributed by atoms with van der Waals surface area (Å²) in [4.78, 5) is 24.3. The van der Waals surface area contributed by atoms with E-state index >= 15 is 0 Å². The molecule has 0 fully saturated rings. The van der Waals surface area contributed by atoms with Crippen LogP contribution in [0.15, 0.2) is 30.3 Å². The van der Waals surface area contributed by atoms with Crippen molar-refractivity contribution in [2.45, 2.75) is 39.0 Å². The first-order valence-electron chi connectivity index (χ1n) is 6.42. The lowest BCUT2D eigenvalue weighted by atomic mass is 10.1. The fourth-order valence-electron chi connectivity index (χ4n) is 1.79. The summed E-state index contributed by atoms with van der Waals surface area (Å²) in [6.07, 6.45) is 3.85. The molecule has 0 aliphatic heterocycles. The van der Waals surface area contributed by atoms with Gasteiger partial charge in [-0.2, -0.15) is 0 Å². The van der Waals surface area contributed by atoms with Crippen LogP contribution >= 0.6 is 0 Å². The van der Waals surface area contributed by atoms with Crippen molar-refractivity contribution >= 4 is 17.4 Å². The first kappa shape index (κ1) is 14.4. The molecule has 1 rings (SSSR count). The maximum Gasteiger partial charge on any atom is 0.226 e. The van der Waals surface area contributed by atoms with Gasteiger partial charge in [0.05, 0.1) is 0 Å². The number of para-hydroxylation sites is 1. The van der Waals surface area contributed by atoms with Gasteiger partial charge in [0.15, 0.2) is 0 Å². The first-order valence-corrected chi connectivity index (χ1v) is 6.42. The Balaban J connectivity index is 2.26. The van der Waals surface area contributed by atoms with Crippen LogP contribution in [0.3, 0.4) is 0 Å². The highest BCUT2D eigenvalue weighted by atomic mass is 16.2. The van der Waals surface area contributed by atoms with Crippen LogP contribution in [0, 0.1) is 0 Å². The smallest absolute Gasteiger partial charge is 0.226 e. The molecule has 0 aliphatic carbocycles. The van der Waals surface area contributed by atoms with Gasteiger partial charge in [-0.3, -0.25) is 4.79 Å². The lowest BCUT2D eigenvalue weighted by Gasteiger charge is -2.17. The molecular weight excluding hydrogens is 226 g/mol. The molecule has 0 saturated heterocycles. The minimum Gasteiger partial charge on any atom is -0.316 e. The second-order valence-corrected chi connectivity index (χ2v) is 4.55. The number of Topliss-reactive ketones (excluding diaryl/α,β-unsaturated/α-hetero) is 1. The van der Waals surface area contributed by atoms with Crippen molar-refractivity contribution in [1.82, 2.24) is 0 Å². The summed E-state index contributed by atoms with van der Waals surface area (Å²) in [7, 11) is 1.80. The highest BCUT2D eigenvalue weighted by Crippen LogP contribution is 2.13. The zero-order valence-corrected chi connectivity index (χ0v) is 11.2. The zero-order valence-electron chi connectivity index (χ0n) is 11.2. The summed E-state index contributed by atoms with van der Waals surface area (Å²) >= 11 is 0. The maximum atomic E-state index is 11.9. The van der Waals surface area contributed by atoms with Gasteiger partial charge in [-0.1, -0.05) is 24.6 Å². The third kappa shape index (κ3) is 5.13. The van der Waals surface area contributed by atoms with Crippen molar-refractivity contribution in [2.24, 2.45) is 0 Å². The molecule has 0 spiro atoms. The standard InChI is InChI=1S/C15H21NO2/c1-13(17)9-5-3-8-12-15(18)16(2)14-10-6-4-7-11-14/h4,6-7,10-11H,3,5,8-9,12H2,1-2H3. The topological polar surface area (TPSA) is 37.4 Å². The number of nitrogens with zero attached hydrogens (tertiary/aromatic N) is 1. The number of rotatable bonds is 7. The SMILES string of the molecule is CC(=O)CCCCCC(=O)N(C)c1ccccc1. The molecule has 1 aromatic rings. The van der Waals surface area contributed by atoms with E-state index in [0.29, 0.717) is 12.8 Å². The lowest BCUT2D eigenvalue weighted by Crippen LogP contribution is -2.25. The second-order valence-electron chi connectivity index (χ2n) is 4.55. The van der Waals surface area contributed by atoms with Gasteiger partial charge in [0.25, 0.3) is 0 Å². The van der Waals surface area contributed by atoms with Crippen LogP contribution in [0.1, 0.15) is 39.0 Å². The van der Waals surface area contributed by atoms with E-state index in [0.717, 1.165) is 24.9 Å². The highest BCUT2D eigenvalue weighted by Gasteiger charge is 2.09. The van der Waals surface area contributed by atoms with Crippen molar-refractivity contribution in [3.8, 4) is 0 Å². The molecule has 1 aromatic carbocycles. The van der Waals surface area contributed by atoms with Crippen molar-refractivity contribution in [1.29, 1.82) is 0 Å². The Labute approximate surface area is 109 Å². The molecule has 0 heterocycles. The van der Waals surface area contributed by atoms with E-state index in [2.05, 4.69) is 0 Å². The van der Waals surface area contributed by atoms with Gasteiger partial charge in [-0.05, 0) is 31.9 Å². The van der Waals surface area contributed by atoms with Crippen molar-refractivity contribution in [3.63, 3.8) is 0 Å². The van der Waals surface area contributed by atoms with Gasteiger partial charge in [-0.25, -0.2) is 0 Å². The second kappa shape index (κ2) is 7.64. The van der Waals surface area contributed by atoms with E-state index in [1.165, 1.54) is 0 Å². The Morgan fingerprint density at radius 3 is 2.22 bits per heavy atom. The molecule has 1 amide bonds. The summed E-state index contributed by atoms with van der Waals surface area (Å²) in [5.74, 6) is 0.353. The molecule has 0 aliphatic rings. The zero-order chi connectivity index (χ0) is 13.4. The van der Waals surface area contributed by atoms with Gasteiger partial charge in [0.1, 0.15) is 5.78 Å². The first-order chi connectivity index (χ1) is 8.61. The molecule has 18 heavy (non-hydrogen) atoms. The molecule has 0 aromatic heterocycles. The largest absolute Gasteiger partial charge is 0.316 e. The number of hydrogen-bond acceptors (Lipinski definition) is 2. The fraction of sp³-hybridized carbons (Fsp3) is 0.467. The van der Waals surface area contributed by atoms with Gasteiger partial charge >= 0.3 is 0 Å². The third-order valence-corrected chi connectivity index (χ3v) is 2.94. The highest BCUT2D eigenvalue weighted by molar-refractivity contribution is 5.92. The van der Waals surface area contributed by atoms with Gasteiger partial charge < -0.3 is 9.69 Å². The van der Waals surface area contributed by atoms with E-state index in [4.69, 9.17) is 0 Å². The summed E-state index contributed by atoms with van der Waals surface area (Å²) in [5, 5.41) is 0. The average Bonchev–Trinajstić information content (AvgIpc) is 2.38. The molecule has 0 saturated carbocycles. The molecule has 0 unspecified atom stereocenters. The maximum absolute atomic E-state index is 11.9. The van der Waals surface area contributed by atoms with Gasteiger partial charge in [0, 0.05) is 25.6 Å². The Hall–Kier alpha value is -1.64. The predicted octanol–water partition coefficient (Wildman–Crippen LogP) is 3.19.